The third-order valence-corrected chi connectivity index (χ3v) is 5.95. The lowest BCUT2D eigenvalue weighted by atomic mass is 9.97. The number of hydrogen-bond donors (Lipinski definition) is 2. The number of hydrogen-bond acceptors (Lipinski definition) is 3. The van der Waals surface area contributed by atoms with E-state index in [1.165, 1.54) is 48.8 Å². The van der Waals surface area contributed by atoms with Crippen molar-refractivity contribution in [3.05, 3.63) is 34.9 Å². The van der Waals surface area contributed by atoms with Crippen molar-refractivity contribution in [2.45, 2.75) is 63.7 Å². The van der Waals surface area contributed by atoms with Gasteiger partial charge in [-0.15, -0.1) is 0 Å². The van der Waals surface area contributed by atoms with Crippen LogP contribution in [-0.4, -0.2) is 17.0 Å². The summed E-state index contributed by atoms with van der Waals surface area (Å²) in [4.78, 5) is 0. The average Bonchev–Trinajstić information content (AvgIpc) is 2.47. The largest absolute Gasteiger partial charge is 0.271 e. The summed E-state index contributed by atoms with van der Waals surface area (Å²) in [5, 5.41) is 0.859. The van der Waals surface area contributed by atoms with Gasteiger partial charge in [0.1, 0.15) is 0 Å². The molecule has 1 fully saturated rings. The van der Waals surface area contributed by atoms with Gasteiger partial charge in [-0.05, 0) is 49.8 Å². The Balaban J connectivity index is 1.88. The molecule has 112 valence electrons. The minimum Gasteiger partial charge on any atom is -0.271 e. The Labute approximate surface area is 127 Å². The maximum Gasteiger partial charge on any atom is 0.0341 e. The van der Waals surface area contributed by atoms with Crippen LogP contribution in [0.2, 0.25) is 0 Å². The highest BCUT2D eigenvalue weighted by molar-refractivity contribution is 7.99. The fourth-order valence-electron chi connectivity index (χ4n) is 3.07. The number of nitrogens with two attached hydrogens (primary N) is 1. The maximum absolute atomic E-state index is 5.77. The van der Waals surface area contributed by atoms with Crippen molar-refractivity contribution in [2.24, 2.45) is 5.84 Å². The lowest BCUT2D eigenvalue weighted by molar-refractivity contribution is 0.513. The van der Waals surface area contributed by atoms with Crippen molar-refractivity contribution >= 4 is 11.8 Å². The van der Waals surface area contributed by atoms with Crippen molar-refractivity contribution in [1.29, 1.82) is 0 Å². The van der Waals surface area contributed by atoms with E-state index in [2.05, 4.69) is 49.2 Å². The molecule has 0 amide bonds. The highest BCUT2D eigenvalue weighted by Crippen LogP contribution is 2.29. The normalized spacial score (nSPS) is 18.1. The molecule has 1 aromatic carbocycles. The third-order valence-electron chi connectivity index (χ3n) is 4.42. The predicted molar refractivity (Wildman–Crippen MR) is 90.1 cm³/mol. The van der Waals surface area contributed by atoms with Crippen molar-refractivity contribution < 1.29 is 0 Å². The van der Waals surface area contributed by atoms with Gasteiger partial charge in [-0.3, -0.25) is 11.3 Å². The van der Waals surface area contributed by atoms with E-state index in [0.717, 1.165) is 17.4 Å². The number of thioether (sulfide) groups is 1. The van der Waals surface area contributed by atoms with Crippen LogP contribution in [-0.2, 0) is 6.42 Å². The van der Waals surface area contributed by atoms with Gasteiger partial charge in [0.05, 0.1) is 0 Å². The second-order valence-corrected chi connectivity index (χ2v) is 7.36. The molecule has 0 bridgehead atoms. The molecule has 0 aromatic heterocycles. The van der Waals surface area contributed by atoms with Gasteiger partial charge in [-0.2, -0.15) is 11.8 Å². The smallest absolute Gasteiger partial charge is 0.0341 e. The Morgan fingerprint density at radius 3 is 2.45 bits per heavy atom. The van der Waals surface area contributed by atoms with E-state index in [9.17, 15) is 0 Å². The molecule has 0 saturated heterocycles. The fraction of sp³-hybridized carbons (Fsp3) is 0.647. The first-order chi connectivity index (χ1) is 9.70. The molecule has 0 radical (unpaired) electrons. The minimum absolute atomic E-state index is 0.377. The zero-order valence-corrected chi connectivity index (χ0v) is 13.6. The Morgan fingerprint density at radius 2 is 1.85 bits per heavy atom. The predicted octanol–water partition coefficient (Wildman–Crippen LogP) is 3.74. The number of benzene rings is 1. The van der Waals surface area contributed by atoms with E-state index in [-0.39, 0.29) is 0 Å². The fourth-order valence-corrected chi connectivity index (χ4v) is 4.45. The lowest BCUT2D eigenvalue weighted by Crippen LogP contribution is -2.39. The van der Waals surface area contributed by atoms with Crippen LogP contribution < -0.4 is 11.3 Å². The van der Waals surface area contributed by atoms with E-state index in [0.29, 0.717) is 6.04 Å². The quantitative estimate of drug-likeness (QED) is 0.619. The van der Waals surface area contributed by atoms with Gasteiger partial charge in [0.2, 0.25) is 0 Å². The topological polar surface area (TPSA) is 38.0 Å². The van der Waals surface area contributed by atoms with E-state index >= 15 is 0 Å². The molecule has 1 aromatic rings. The molecule has 1 unspecified atom stereocenters. The van der Waals surface area contributed by atoms with Gasteiger partial charge in [0.15, 0.2) is 0 Å². The minimum atomic E-state index is 0.377. The molecule has 3 heteroatoms. The highest BCUT2D eigenvalue weighted by Gasteiger charge is 2.17. The van der Waals surface area contributed by atoms with Gasteiger partial charge in [0.25, 0.3) is 0 Å². The zero-order valence-electron chi connectivity index (χ0n) is 12.8. The molecular weight excluding hydrogens is 264 g/mol. The number of nitrogens with one attached hydrogen (secondary N) is 1. The molecule has 20 heavy (non-hydrogen) atoms. The summed E-state index contributed by atoms with van der Waals surface area (Å²) in [5.74, 6) is 6.89. The monoisotopic (exact) mass is 292 g/mol. The molecule has 0 heterocycles. The van der Waals surface area contributed by atoms with E-state index < -0.39 is 0 Å². The summed E-state index contributed by atoms with van der Waals surface area (Å²) in [7, 11) is 0. The Bertz CT molecular complexity index is 393. The summed E-state index contributed by atoms with van der Waals surface area (Å²) in [6, 6.07) is 6.91. The molecule has 3 N–H and O–H groups in total. The van der Waals surface area contributed by atoms with E-state index in [4.69, 9.17) is 5.84 Å². The van der Waals surface area contributed by atoms with Gasteiger partial charge in [0, 0.05) is 17.0 Å². The van der Waals surface area contributed by atoms with Gasteiger partial charge < -0.3 is 0 Å². The van der Waals surface area contributed by atoms with Crippen LogP contribution in [0, 0.1) is 13.8 Å². The Kier molecular flexibility index (Phi) is 6.40. The van der Waals surface area contributed by atoms with Crippen LogP contribution in [0.5, 0.6) is 0 Å². The molecule has 0 spiro atoms. The maximum atomic E-state index is 5.77. The van der Waals surface area contributed by atoms with Crippen LogP contribution >= 0.6 is 11.8 Å². The molecule has 1 saturated carbocycles. The van der Waals surface area contributed by atoms with Crippen LogP contribution in [0.3, 0.4) is 0 Å². The van der Waals surface area contributed by atoms with Crippen LogP contribution in [0.25, 0.3) is 0 Å². The first kappa shape index (κ1) is 15.9. The van der Waals surface area contributed by atoms with Crippen molar-refractivity contribution in [2.75, 3.05) is 5.75 Å². The SMILES string of the molecule is Cc1cccc(C)c1CC(CSC1CCCCC1)NN. The van der Waals surface area contributed by atoms with E-state index in [1.807, 2.05) is 0 Å². The summed E-state index contributed by atoms with van der Waals surface area (Å²) in [6.45, 7) is 4.40. The lowest BCUT2D eigenvalue weighted by Gasteiger charge is -2.24. The van der Waals surface area contributed by atoms with Crippen LogP contribution in [0.15, 0.2) is 18.2 Å². The van der Waals surface area contributed by atoms with Crippen molar-refractivity contribution in [3.8, 4) is 0 Å². The van der Waals surface area contributed by atoms with Crippen molar-refractivity contribution in [3.63, 3.8) is 0 Å². The van der Waals surface area contributed by atoms with Gasteiger partial charge in [-0.25, -0.2) is 0 Å². The molecule has 1 aliphatic carbocycles. The average molecular weight is 292 g/mol. The molecular formula is C17H28N2S. The standard InChI is InChI=1S/C17H28N2S/c1-13-7-6-8-14(2)17(13)11-15(19-18)12-20-16-9-4-3-5-10-16/h6-8,15-16,19H,3-5,9-12,18H2,1-2H3. The zero-order chi connectivity index (χ0) is 14.4. The second-order valence-electron chi connectivity index (χ2n) is 6.03. The first-order valence-electron chi connectivity index (χ1n) is 7.83. The van der Waals surface area contributed by atoms with Crippen LogP contribution in [0.4, 0.5) is 0 Å². The van der Waals surface area contributed by atoms with Crippen molar-refractivity contribution in [1.82, 2.24) is 5.43 Å². The molecule has 2 rings (SSSR count). The summed E-state index contributed by atoms with van der Waals surface area (Å²) in [6.07, 6.45) is 8.08. The molecule has 1 aliphatic rings. The Hall–Kier alpha value is -0.510. The highest BCUT2D eigenvalue weighted by atomic mass is 32.2. The summed E-state index contributed by atoms with van der Waals surface area (Å²) >= 11 is 2.12. The summed E-state index contributed by atoms with van der Waals surface area (Å²) in [5.41, 5.74) is 7.25. The number of rotatable bonds is 6. The van der Waals surface area contributed by atoms with E-state index in [1.54, 1.807) is 0 Å². The van der Waals surface area contributed by atoms with Gasteiger partial charge in [-0.1, -0.05) is 37.5 Å². The molecule has 2 nitrogen and oxygen atoms in total. The first-order valence-corrected chi connectivity index (χ1v) is 8.88. The molecule has 1 atom stereocenters. The Morgan fingerprint density at radius 1 is 1.20 bits per heavy atom. The van der Waals surface area contributed by atoms with Crippen LogP contribution in [0.1, 0.15) is 48.8 Å². The number of hydrazine groups is 1. The van der Waals surface area contributed by atoms with Gasteiger partial charge >= 0.3 is 0 Å². The second kappa shape index (κ2) is 8.06. The third kappa shape index (κ3) is 4.51. The molecule has 0 aliphatic heterocycles. The summed E-state index contributed by atoms with van der Waals surface area (Å²) < 4.78 is 0. The number of aryl methyl sites for hydroxylation is 2.